The van der Waals surface area contributed by atoms with E-state index in [2.05, 4.69) is 0 Å². The second kappa shape index (κ2) is 5.09. The van der Waals surface area contributed by atoms with Crippen molar-refractivity contribution in [2.24, 2.45) is 0 Å². The van der Waals surface area contributed by atoms with Crippen LogP contribution in [0.25, 0.3) is 5.03 Å². The van der Waals surface area contributed by atoms with Crippen molar-refractivity contribution in [2.75, 3.05) is 0 Å². The summed E-state index contributed by atoms with van der Waals surface area (Å²) in [6, 6.07) is 4.31. The van der Waals surface area contributed by atoms with Gasteiger partial charge in [0.25, 0.3) is 0 Å². The molecule has 1 nitrogen and oxygen atoms in total. The molecular weight excluding hydrogens is 232 g/mol. The van der Waals surface area contributed by atoms with Crippen molar-refractivity contribution in [1.29, 1.82) is 5.26 Å². The molecule has 1 aromatic carbocycles. The van der Waals surface area contributed by atoms with E-state index in [-0.39, 0.29) is 16.2 Å². The van der Waals surface area contributed by atoms with Crippen LogP contribution in [0.5, 0.6) is 0 Å². The Hall–Kier alpha value is -1.40. The van der Waals surface area contributed by atoms with Gasteiger partial charge < -0.3 is 0 Å². The van der Waals surface area contributed by atoms with Crippen LogP contribution >= 0.6 is 11.6 Å². The maximum Gasteiger partial charge on any atom is 0.137 e. The van der Waals surface area contributed by atoms with Gasteiger partial charge in [-0.3, -0.25) is 0 Å². The van der Waals surface area contributed by atoms with Crippen LogP contribution in [0.15, 0.2) is 17.7 Å². The van der Waals surface area contributed by atoms with Gasteiger partial charge in [0.15, 0.2) is 0 Å². The Kier molecular flexibility index (Phi) is 4.03. The van der Waals surface area contributed by atoms with E-state index >= 15 is 0 Å². The predicted molar refractivity (Wildman–Crippen MR) is 59.8 cm³/mol. The fraction of sp³-hybridized carbons (Fsp3) is 0.250. The highest BCUT2D eigenvalue weighted by Gasteiger charge is 2.17. The van der Waals surface area contributed by atoms with E-state index in [1.54, 1.807) is 6.92 Å². The monoisotopic (exact) mass is 241 g/mol. The van der Waals surface area contributed by atoms with Crippen molar-refractivity contribution in [3.05, 3.63) is 40.5 Å². The molecule has 0 bridgehead atoms. The van der Waals surface area contributed by atoms with Crippen molar-refractivity contribution in [3.63, 3.8) is 0 Å². The largest absolute Gasteiger partial charge is 0.206 e. The number of aryl methyl sites for hydroxylation is 1. The number of nitrogens with zero attached hydrogens (tertiary/aromatic N) is 1. The number of hydrogen-bond acceptors (Lipinski definition) is 1. The molecule has 1 aromatic rings. The van der Waals surface area contributed by atoms with Crippen molar-refractivity contribution in [1.82, 2.24) is 0 Å². The van der Waals surface area contributed by atoms with Crippen LogP contribution in [0.3, 0.4) is 0 Å². The summed E-state index contributed by atoms with van der Waals surface area (Å²) < 4.78 is 27.1. The molecule has 0 heterocycles. The molecular formula is C12H10ClF2N. The van der Waals surface area contributed by atoms with Crippen LogP contribution in [0, 0.1) is 29.9 Å². The van der Waals surface area contributed by atoms with E-state index in [1.807, 2.05) is 6.07 Å². The molecule has 0 aliphatic rings. The molecule has 4 heteroatoms. The quantitative estimate of drug-likeness (QED) is 0.714. The van der Waals surface area contributed by atoms with Crippen LogP contribution in [0.1, 0.15) is 24.5 Å². The van der Waals surface area contributed by atoms with Crippen molar-refractivity contribution in [2.45, 2.75) is 20.3 Å². The molecule has 0 saturated carbocycles. The van der Waals surface area contributed by atoms with Crippen LogP contribution in [0.2, 0.25) is 0 Å². The molecule has 0 aliphatic heterocycles. The zero-order valence-corrected chi connectivity index (χ0v) is 9.70. The molecule has 0 atom stereocenters. The smallest absolute Gasteiger partial charge is 0.137 e. The Morgan fingerprint density at radius 3 is 2.56 bits per heavy atom. The number of rotatable bonds is 2. The molecule has 84 valence electrons. The molecule has 0 unspecified atom stereocenters. The lowest BCUT2D eigenvalue weighted by Crippen LogP contribution is -1.96. The molecule has 0 fully saturated rings. The Labute approximate surface area is 98.0 Å². The van der Waals surface area contributed by atoms with Crippen molar-refractivity contribution >= 4 is 16.6 Å². The number of hydrogen-bond donors (Lipinski definition) is 0. The molecule has 0 aliphatic carbocycles. The molecule has 1 rings (SSSR count). The summed E-state index contributed by atoms with van der Waals surface area (Å²) >= 11 is 5.83. The summed E-state index contributed by atoms with van der Waals surface area (Å²) in [7, 11) is 0. The van der Waals surface area contributed by atoms with Crippen LogP contribution in [-0.4, -0.2) is 0 Å². The summed E-state index contributed by atoms with van der Waals surface area (Å²) in [5, 5.41) is 8.62. The van der Waals surface area contributed by atoms with Crippen LogP contribution < -0.4 is 0 Å². The van der Waals surface area contributed by atoms with E-state index in [0.717, 1.165) is 6.07 Å². The van der Waals surface area contributed by atoms with Gasteiger partial charge in [0.05, 0.1) is 16.7 Å². The van der Waals surface area contributed by atoms with Gasteiger partial charge in [-0.05, 0) is 25.0 Å². The average Bonchev–Trinajstić information content (AvgIpc) is 2.26. The molecule has 0 spiro atoms. The lowest BCUT2D eigenvalue weighted by atomic mass is 10.1. The number of allylic oxidation sites excluding steroid dienone is 1. The molecule has 16 heavy (non-hydrogen) atoms. The maximum absolute atomic E-state index is 13.7. The Morgan fingerprint density at radius 2 is 2.06 bits per heavy atom. The van der Waals surface area contributed by atoms with Crippen LogP contribution in [0.4, 0.5) is 8.78 Å². The fourth-order valence-corrected chi connectivity index (χ4v) is 1.64. The number of nitriles is 1. The van der Waals surface area contributed by atoms with Crippen LogP contribution in [-0.2, 0) is 0 Å². The van der Waals surface area contributed by atoms with Gasteiger partial charge in [0, 0.05) is 5.57 Å². The first kappa shape index (κ1) is 12.7. The first-order valence-electron chi connectivity index (χ1n) is 4.76. The summed E-state index contributed by atoms with van der Waals surface area (Å²) in [4.78, 5) is 0. The predicted octanol–water partition coefficient (Wildman–Crippen LogP) is 4.16. The molecule has 0 saturated heterocycles. The van der Waals surface area contributed by atoms with Crippen molar-refractivity contribution in [3.8, 4) is 6.07 Å². The lowest BCUT2D eigenvalue weighted by molar-refractivity contribution is 0.572. The van der Waals surface area contributed by atoms with Gasteiger partial charge in [-0.25, -0.2) is 8.78 Å². The third-order valence-electron chi connectivity index (χ3n) is 2.26. The minimum atomic E-state index is -0.755. The summed E-state index contributed by atoms with van der Waals surface area (Å²) in [6.45, 7) is 3.22. The van der Waals surface area contributed by atoms with Crippen molar-refractivity contribution < 1.29 is 8.78 Å². The van der Waals surface area contributed by atoms with E-state index in [0.29, 0.717) is 12.0 Å². The normalized spacial score (nSPS) is 12.0. The molecule has 0 amide bonds. The molecule has 0 radical (unpaired) electrons. The SMILES string of the molecule is CC/C(C#N)=C(/Cl)c1c(F)ccc(C)c1F. The number of halogens is 3. The highest BCUT2D eigenvalue weighted by atomic mass is 35.5. The van der Waals surface area contributed by atoms with Gasteiger partial charge in [0.2, 0.25) is 0 Å². The zero-order chi connectivity index (χ0) is 12.3. The zero-order valence-electron chi connectivity index (χ0n) is 8.94. The number of benzene rings is 1. The minimum absolute atomic E-state index is 0.149. The maximum atomic E-state index is 13.7. The van der Waals surface area contributed by atoms with Gasteiger partial charge in [-0.15, -0.1) is 0 Å². The lowest BCUT2D eigenvalue weighted by Gasteiger charge is -2.07. The molecule has 0 N–H and O–H groups in total. The highest BCUT2D eigenvalue weighted by Crippen LogP contribution is 2.30. The van der Waals surface area contributed by atoms with Gasteiger partial charge in [-0.1, -0.05) is 24.6 Å². The Balaban J connectivity index is 3.51. The van der Waals surface area contributed by atoms with Gasteiger partial charge >= 0.3 is 0 Å². The first-order chi connectivity index (χ1) is 7.52. The Morgan fingerprint density at radius 1 is 1.44 bits per heavy atom. The Bertz CT molecular complexity index is 487. The summed E-state index contributed by atoms with van der Waals surface area (Å²) in [5.74, 6) is -1.47. The topological polar surface area (TPSA) is 23.8 Å². The van der Waals surface area contributed by atoms with E-state index in [9.17, 15) is 8.78 Å². The van der Waals surface area contributed by atoms with E-state index in [1.165, 1.54) is 13.0 Å². The fourth-order valence-electron chi connectivity index (χ4n) is 1.29. The third kappa shape index (κ3) is 2.23. The summed E-state index contributed by atoms with van der Waals surface area (Å²) in [6.07, 6.45) is 0.335. The second-order valence-electron chi connectivity index (χ2n) is 3.31. The minimum Gasteiger partial charge on any atom is -0.206 e. The van der Waals surface area contributed by atoms with Gasteiger partial charge in [0.1, 0.15) is 11.6 Å². The molecule has 0 aromatic heterocycles. The second-order valence-corrected chi connectivity index (χ2v) is 3.69. The summed E-state index contributed by atoms with van der Waals surface area (Å²) in [5.41, 5.74) is 0.146. The third-order valence-corrected chi connectivity index (χ3v) is 2.67. The van der Waals surface area contributed by atoms with E-state index in [4.69, 9.17) is 16.9 Å². The van der Waals surface area contributed by atoms with Gasteiger partial charge in [-0.2, -0.15) is 5.26 Å². The standard InChI is InChI=1S/C12H10ClF2N/c1-3-8(6-16)11(13)10-9(14)5-4-7(2)12(10)15/h4-5H,3H2,1-2H3/b11-8-. The van der Waals surface area contributed by atoms with E-state index < -0.39 is 11.6 Å². The average molecular weight is 242 g/mol. The first-order valence-corrected chi connectivity index (χ1v) is 5.14. The highest BCUT2D eigenvalue weighted by molar-refractivity contribution is 6.49.